The molecule has 2 rings (SSSR count). The lowest BCUT2D eigenvalue weighted by molar-refractivity contribution is -0.385. The summed E-state index contributed by atoms with van der Waals surface area (Å²) in [5, 5.41) is 17.2. The van der Waals surface area contributed by atoms with Crippen LogP contribution in [0.3, 0.4) is 0 Å². The molecular weight excluding hydrogens is 248 g/mol. The second-order valence-corrected chi connectivity index (χ2v) is 4.11. The van der Waals surface area contributed by atoms with Crippen molar-refractivity contribution in [1.29, 1.82) is 0 Å². The number of aryl methyl sites for hydroxylation is 2. The van der Waals surface area contributed by atoms with Gasteiger partial charge in [0.2, 0.25) is 5.69 Å². The normalized spacial score (nSPS) is 10.2. The number of amides is 1. The van der Waals surface area contributed by atoms with E-state index in [0.29, 0.717) is 5.69 Å². The molecule has 1 heterocycles. The molecule has 0 saturated heterocycles. The summed E-state index contributed by atoms with van der Waals surface area (Å²) in [5.74, 6) is -0.601. The van der Waals surface area contributed by atoms with E-state index in [1.54, 1.807) is 12.1 Å². The molecule has 98 valence electrons. The molecule has 0 aliphatic heterocycles. The maximum Gasteiger partial charge on any atom is 0.320 e. The van der Waals surface area contributed by atoms with Crippen LogP contribution in [0.15, 0.2) is 30.5 Å². The van der Waals surface area contributed by atoms with E-state index in [1.807, 2.05) is 19.1 Å². The highest BCUT2D eigenvalue weighted by Crippen LogP contribution is 2.18. The lowest BCUT2D eigenvalue weighted by atomic mass is 10.2. The summed E-state index contributed by atoms with van der Waals surface area (Å²) < 4.78 is 1.24. The highest BCUT2D eigenvalue weighted by molar-refractivity contribution is 6.05. The van der Waals surface area contributed by atoms with Gasteiger partial charge in [-0.25, -0.2) is 0 Å². The molecule has 2 aromatic rings. The molecule has 0 spiro atoms. The smallest absolute Gasteiger partial charge is 0.320 e. The Morgan fingerprint density at radius 2 is 2.00 bits per heavy atom. The van der Waals surface area contributed by atoms with Crippen molar-refractivity contribution in [3.63, 3.8) is 0 Å². The van der Waals surface area contributed by atoms with Crippen LogP contribution in [0.1, 0.15) is 16.1 Å². The Balaban J connectivity index is 2.25. The lowest BCUT2D eigenvalue weighted by Gasteiger charge is -2.03. The number of anilines is 1. The fraction of sp³-hybridized carbons (Fsp3) is 0.167. The Morgan fingerprint density at radius 1 is 1.37 bits per heavy atom. The molecule has 0 saturated carbocycles. The van der Waals surface area contributed by atoms with E-state index < -0.39 is 10.8 Å². The zero-order valence-electron chi connectivity index (χ0n) is 10.5. The second kappa shape index (κ2) is 4.89. The summed E-state index contributed by atoms with van der Waals surface area (Å²) in [4.78, 5) is 22.1. The van der Waals surface area contributed by atoms with E-state index in [9.17, 15) is 14.9 Å². The number of rotatable bonds is 3. The Morgan fingerprint density at radius 3 is 2.58 bits per heavy atom. The maximum absolute atomic E-state index is 11.9. The summed E-state index contributed by atoms with van der Waals surface area (Å²) >= 11 is 0. The van der Waals surface area contributed by atoms with Gasteiger partial charge in [-0.3, -0.25) is 19.6 Å². The van der Waals surface area contributed by atoms with E-state index in [0.717, 1.165) is 5.56 Å². The molecule has 7 heteroatoms. The summed E-state index contributed by atoms with van der Waals surface area (Å²) in [7, 11) is 1.52. The molecule has 0 unspecified atom stereocenters. The predicted octanol–water partition coefficient (Wildman–Crippen LogP) is 1.89. The van der Waals surface area contributed by atoms with Gasteiger partial charge in [-0.15, -0.1) is 0 Å². The van der Waals surface area contributed by atoms with E-state index in [2.05, 4.69) is 10.4 Å². The molecule has 0 bridgehead atoms. The highest BCUT2D eigenvalue weighted by atomic mass is 16.6. The van der Waals surface area contributed by atoms with E-state index >= 15 is 0 Å². The van der Waals surface area contributed by atoms with Gasteiger partial charge in [0.1, 0.15) is 6.20 Å². The van der Waals surface area contributed by atoms with Gasteiger partial charge in [0.05, 0.1) is 4.92 Å². The average Bonchev–Trinajstić information content (AvgIpc) is 2.74. The second-order valence-electron chi connectivity index (χ2n) is 4.11. The van der Waals surface area contributed by atoms with Crippen LogP contribution in [0.4, 0.5) is 11.4 Å². The SMILES string of the molecule is Cc1ccc(NC(=O)c2nn(C)cc2[N+](=O)[O-])cc1. The minimum absolute atomic E-state index is 0.201. The van der Waals surface area contributed by atoms with Gasteiger partial charge < -0.3 is 5.32 Å². The molecule has 0 aliphatic rings. The van der Waals surface area contributed by atoms with Gasteiger partial charge in [-0.05, 0) is 19.1 Å². The Kier molecular flexibility index (Phi) is 3.28. The van der Waals surface area contributed by atoms with Crippen LogP contribution in [-0.4, -0.2) is 20.6 Å². The van der Waals surface area contributed by atoms with Crippen molar-refractivity contribution in [3.8, 4) is 0 Å². The number of hydrogen-bond donors (Lipinski definition) is 1. The van der Waals surface area contributed by atoms with Crippen molar-refractivity contribution in [2.24, 2.45) is 7.05 Å². The number of hydrogen-bond acceptors (Lipinski definition) is 4. The molecule has 0 atom stereocenters. The summed E-state index contributed by atoms with van der Waals surface area (Å²) in [6.45, 7) is 1.93. The standard InChI is InChI=1S/C12H12N4O3/c1-8-3-5-9(6-4-8)13-12(17)11-10(16(18)19)7-15(2)14-11/h3-7H,1-2H3,(H,13,17). The minimum Gasteiger partial charge on any atom is -0.320 e. The first-order valence-corrected chi connectivity index (χ1v) is 5.53. The first kappa shape index (κ1) is 12.7. The van der Waals surface area contributed by atoms with Crippen molar-refractivity contribution in [2.45, 2.75) is 6.92 Å². The number of carbonyl (C=O) groups excluding carboxylic acids is 1. The molecular formula is C12H12N4O3. The van der Waals surface area contributed by atoms with Crippen LogP contribution in [0.5, 0.6) is 0 Å². The molecule has 7 nitrogen and oxygen atoms in total. The molecule has 1 aromatic heterocycles. The largest absolute Gasteiger partial charge is 0.320 e. The molecule has 1 N–H and O–H groups in total. The number of nitro groups is 1. The Bertz CT molecular complexity index is 631. The number of benzene rings is 1. The fourth-order valence-corrected chi connectivity index (χ4v) is 1.60. The Hall–Kier alpha value is -2.70. The molecule has 0 radical (unpaired) electrons. The third-order valence-corrected chi connectivity index (χ3v) is 2.53. The third-order valence-electron chi connectivity index (χ3n) is 2.53. The minimum atomic E-state index is -0.628. The van der Waals surface area contributed by atoms with Crippen LogP contribution < -0.4 is 5.32 Å². The van der Waals surface area contributed by atoms with Gasteiger partial charge in [0, 0.05) is 12.7 Å². The zero-order chi connectivity index (χ0) is 14.0. The Labute approximate surface area is 109 Å². The fourth-order valence-electron chi connectivity index (χ4n) is 1.60. The highest BCUT2D eigenvalue weighted by Gasteiger charge is 2.24. The molecule has 0 fully saturated rings. The summed E-state index contributed by atoms with van der Waals surface area (Å²) in [6.07, 6.45) is 1.20. The number of carbonyl (C=O) groups is 1. The van der Waals surface area contributed by atoms with Crippen LogP contribution in [0.2, 0.25) is 0 Å². The monoisotopic (exact) mass is 260 g/mol. The van der Waals surface area contributed by atoms with Gasteiger partial charge in [0.25, 0.3) is 5.91 Å². The van der Waals surface area contributed by atoms with Gasteiger partial charge in [-0.2, -0.15) is 5.10 Å². The van der Waals surface area contributed by atoms with Crippen molar-refractivity contribution in [2.75, 3.05) is 5.32 Å². The quantitative estimate of drug-likeness (QED) is 0.674. The summed E-state index contributed by atoms with van der Waals surface area (Å²) in [5.41, 5.74) is 1.11. The lowest BCUT2D eigenvalue weighted by Crippen LogP contribution is -2.14. The molecule has 1 aromatic carbocycles. The van der Waals surface area contributed by atoms with Crippen LogP contribution in [0, 0.1) is 17.0 Å². The topological polar surface area (TPSA) is 90.1 Å². The molecule has 1 amide bonds. The average molecular weight is 260 g/mol. The third kappa shape index (κ3) is 2.76. The van der Waals surface area contributed by atoms with Gasteiger partial charge in [0.15, 0.2) is 0 Å². The van der Waals surface area contributed by atoms with Crippen molar-refractivity contribution < 1.29 is 9.72 Å². The molecule has 19 heavy (non-hydrogen) atoms. The van der Waals surface area contributed by atoms with Crippen LogP contribution >= 0.6 is 0 Å². The van der Waals surface area contributed by atoms with Gasteiger partial charge >= 0.3 is 5.69 Å². The number of aromatic nitrogens is 2. The van der Waals surface area contributed by atoms with E-state index in [1.165, 1.54) is 17.9 Å². The van der Waals surface area contributed by atoms with Crippen molar-refractivity contribution in [3.05, 3.63) is 51.8 Å². The molecule has 0 aliphatic carbocycles. The number of nitrogens with one attached hydrogen (secondary N) is 1. The summed E-state index contributed by atoms with van der Waals surface area (Å²) in [6, 6.07) is 7.12. The number of nitrogens with zero attached hydrogens (tertiary/aromatic N) is 3. The maximum atomic E-state index is 11.9. The van der Waals surface area contributed by atoms with E-state index in [4.69, 9.17) is 0 Å². The first-order chi connectivity index (χ1) is 8.97. The van der Waals surface area contributed by atoms with Crippen LogP contribution in [0.25, 0.3) is 0 Å². The predicted molar refractivity (Wildman–Crippen MR) is 69.0 cm³/mol. The van der Waals surface area contributed by atoms with Crippen LogP contribution in [-0.2, 0) is 7.05 Å². The van der Waals surface area contributed by atoms with Crippen molar-refractivity contribution in [1.82, 2.24) is 9.78 Å². The van der Waals surface area contributed by atoms with Gasteiger partial charge in [-0.1, -0.05) is 17.7 Å². The van der Waals surface area contributed by atoms with Crippen molar-refractivity contribution >= 4 is 17.3 Å². The zero-order valence-corrected chi connectivity index (χ0v) is 10.5. The first-order valence-electron chi connectivity index (χ1n) is 5.53. The van der Waals surface area contributed by atoms with E-state index in [-0.39, 0.29) is 11.4 Å².